The Morgan fingerprint density at radius 2 is 1.50 bits per heavy atom. The quantitative estimate of drug-likeness (QED) is 0.582. The fourth-order valence-corrected chi connectivity index (χ4v) is 2.67. The average molecular weight is 390 g/mol. The molecule has 101 valence electrons. The molecular formula is C10H6Cl7O. The summed E-state index contributed by atoms with van der Waals surface area (Å²) in [5, 5.41) is 10.8. The van der Waals surface area contributed by atoms with Crippen LogP contribution < -0.4 is 0 Å². The van der Waals surface area contributed by atoms with Crippen molar-refractivity contribution in [3.63, 3.8) is 0 Å². The first-order valence-electron chi connectivity index (χ1n) is 4.54. The summed E-state index contributed by atoms with van der Waals surface area (Å²) in [4.78, 5) is 0. The van der Waals surface area contributed by atoms with E-state index in [9.17, 15) is 5.11 Å². The van der Waals surface area contributed by atoms with Crippen LogP contribution in [0.1, 0.15) is 11.1 Å². The maximum absolute atomic E-state index is 10.8. The molecule has 1 nitrogen and oxygen atoms in total. The summed E-state index contributed by atoms with van der Waals surface area (Å²) in [6.07, 6.45) is 0. The maximum Gasteiger partial charge on any atom is 0.226 e. The Balaban J connectivity index is 3.28. The van der Waals surface area contributed by atoms with Crippen LogP contribution in [0.15, 0.2) is 24.3 Å². The maximum atomic E-state index is 10.8. The molecule has 0 atom stereocenters. The molecule has 0 aliphatic heterocycles. The van der Waals surface area contributed by atoms with E-state index in [1.54, 1.807) is 12.1 Å². The van der Waals surface area contributed by atoms with E-state index in [0.717, 1.165) is 0 Å². The van der Waals surface area contributed by atoms with Crippen LogP contribution in [0.5, 0.6) is 0 Å². The molecule has 0 amide bonds. The van der Waals surface area contributed by atoms with Gasteiger partial charge in [0, 0.05) is 0 Å². The third kappa shape index (κ3) is 3.27. The van der Waals surface area contributed by atoms with Crippen molar-refractivity contribution >= 4 is 81.2 Å². The average Bonchev–Trinajstić information content (AvgIpc) is 2.27. The van der Waals surface area contributed by atoms with Crippen molar-refractivity contribution in [3.05, 3.63) is 35.4 Å². The largest absolute Gasteiger partial charge is 0.232 e. The Bertz CT molecular complexity index is 424. The molecule has 1 aromatic rings. The number of alkyl halides is 7. The number of benzene rings is 1. The predicted octanol–water partition coefficient (Wildman–Crippen LogP) is 5.79. The summed E-state index contributed by atoms with van der Waals surface area (Å²) >= 11 is 41.2. The molecule has 0 saturated carbocycles. The fourth-order valence-electron chi connectivity index (χ4n) is 1.22. The highest BCUT2D eigenvalue weighted by Crippen LogP contribution is 2.60. The van der Waals surface area contributed by atoms with Gasteiger partial charge in [0.25, 0.3) is 0 Å². The van der Waals surface area contributed by atoms with Gasteiger partial charge in [-0.15, -0.1) is 0 Å². The van der Waals surface area contributed by atoms with E-state index in [1.807, 2.05) is 0 Å². The van der Waals surface area contributed by atoms with E-state index in [4.69, 9.17) is 81.2 Å². The van der Waals surface area contributed by atoms with Crippen molar-refractivity contribution in [2.24, 2.45) is 0 Å². The normalized spacial score (nSPS) is 13.8. The molecule has 0 N–H and O–H groups in total. The van der Waals surface area contributed by atoms with Crippen LogP contribution in [-0.4, -0.2) is 8.13 Å². The zero-order chi connectivity index (χ0) is 14.2. The molecule has 0 spiro atoms. The second-order valence-corrected chi connectivity index (χ2v) is 8.43. The van der Waals surface area contributed by atoms with Crippen LogP contribution in [-0.2, 0) is 16.0 Å². The lowest BCUT2D eigenvalue weighted by Gasteiger charge is -2.37. The highest BCUT2D eigenvalue weighted by molar-refractivity contribution is 6.78. The molecule has 8 heteroatoms. The molecule has 0 heterocycles. The monoisotopic (exact) mass is 387 g/mol. The minimum atomic E-state index is -2.12. The van der Waals surface area contributed by atoms with Gasteiger partial charge in [-0.25, -0.2) is 5.11 Å². The minimum Gasteiger partial charge on any atom is -0.232 e. The van der Waals surface area contributed by atoms with Crippen molar-refractivity contribution < 1.29 is 5.11 Å². The molecule has 1 rings (SSSR count). The third-order valence-electron chi connectivity index (χ3n) is 2.21. The first-order chi connectivity index (χ1) is 8.04. The Hall–Kier alpha value is 1.21. The molecule has 0 fully saturated rings. The summed E-state index contributed by atoms with van der Waals surface area (Å²) in [6, 6.07) is 6.20. The van der Waals surface area contributed by atoms with Gasteiger partial charge in [-0.3, -0.25) is 0 Å². The molecule has 1 radical (unpaired) electrons. The van der Waals surface area contributed by atoms with Crippen LogP contribution in [0.2, 0.25) is 0 Å². The Kier molecular flexibility index (Phi) is 5.67. The van der Waals surface area contributed by atoms with Gasteiger partial charge in [0.05, 0.1) is 0 Å². The molecule has 1 aromatic carbocycles. The summed E-state index contributed by atoms with van der Waals surface area (Å²) in [6.45, 7) is -0.441. The first-order valence-corrected chi connectivity index (χ1v) is 7.18. The lowest BCUT2D eigenvalue weighted by Crippen LogP contribution is -2.45. The zero-order valence-corrected chi connectivity index (χ0v) is 13.9. The highest BCUT2D eigenvalue weighted by atomic mass is 35.6. The topological polar surface area (TPSA) is 19.9 Å². The fraction of sp³-hybridized carbons (Fsp3) is 0.400. The van der Waals surface area contributed by atoms with Gasteiger partial charge in [-0.1, -0.05) is 105 Å². The summed E-state index contributed by atoms with van der Waals surface area (Å²) in [7, 11) is 0. The number of hydrogen-bond acceptors (Lipinski definition) is 0. The first kappa shape index (κ1) is 17.3. The lowest BCUT2D eigenvalue weighted by molar-refractivity contribution is 0.177. The van der Waals surface area contributed by atoms with Crippen LogP contribution in [0.25, 0.3) is 0 Å². The van der Waals surface area contributed by atoms with E-state index in [0.29, 0.717) is 5.56 Å². The number of rotatable bonds is 3. The van der Waals surface area contributed by atoms with E-state index in [-0.39, 0.29) is 5.56 Å². The number of hydrogen-bond donors (Lipinski definition) is 0. The Labute approximate surface area is 140 Å². The summed E-state index contributed by atoms with van der Waals surface area (Å²) in [5.74, 6) is 0. The molecule has 0 aliphatic rings. The van der Waals surface area contributed by atoms with Gasteiger partial charge in [-0.2, -0.15) is 0 Å². The van der Waals surface area contributed by atoms with Crippen molar-refractivity contribution in [2.75, 3.05) is 0 Å². The minimum absolute atomic E-state index is 0.274. The summed E-state index contributed by atoms with van der Waals surface area (Å²) in [5.41, 5.74) is 0.738. The van der Waals surface area contributed by atoms with Crippen molar-refractivity contribution in [2.45, 2.75) is 19.1 Å². The predicted molar refractivity (Wildman–Crippen MR) is 78.9 cm³/mol. The van der Waals surface area contributed by atoms with E-state index >= 15 is 0 Å². The standard InChI is InChI=1S/C10H6Cl7O/c11-8(12,9(13,14)10(15,16)17)7-3-1-2-6(4-7)5-18/h1-4H,5H2. The Morgan fingerprint density at radius 1 is 0.944 bits per heavy atom. The van der Waals surface area contributed by atoms with Crippen molar-refractivity contribution in [1.29, 1.82) is 0 Å². The van der Waals surface area contributed by atoms with Gasteiger partial charge in [-0.05, 0) is 11.1 Å². The molecule has 0 unspecified atom stereocenters. The van der Waals surface area contributed by atoms with Crippen LogP contribution in [0, 0.1) is 0 Å². The van der Waals surface area contributed by atoms with E-state index < -0.39 is 19.1 Å². The van der Waals surface area contributed by atoms with Gasteiger partial charge in [0.15, 0.2) is 4.33 Å². The van der Waals surface area contributed by atoms with E-state index in [1.165, 1.54) is 12.1 Å². The van der Waals surface area contributed by atoms with Crippen molar-refractivity contribution in [3.8, 4) is 0 Å². The van der Waals surface area contributed by atoms with Gasteiger partial charge in [0.1, 0.15) is 6.61 Å². The van der Waals surface area contributed by atoms with Gasteiger partial charge in [0.2, 0.25) is 8.13 Å². The molecule has 0 bridgehead atoms. The van der Waals surface area contributed by atoms with Gasteiger partial charge >= 0.3 is 0 Å². The SMILES string of the molecule is [O]Cc1cccc(C(Cl)(Cl)C(Cl)(Cl)C(Cl)(Cl)Cl)c1. The lowest BCUT2D eigenvalue weighted by atomic mass is 10.1. The summed E-state index contributed by atoms with van der Waals surface area (Å²) < 4.78 is -6.12. The second-order valence-electron chi connectivity index (χ2n) is 3.49. The Morgan fingerprint density at radius 3 is 1.94 bits per heavy atom. The number of halogens is 7. The van der Waals surface area contributed by atoms with Gasteiger partial charge < -0.3 is 0 Å². The molecule has 0 aromatic heterocycles. The molecular weight excluding hydrogens is 384 g/mol. The molecule has 0 aliphatic carbocycles. The van der Waals surface area contributed by atoms with E-state index in [2.05, 4.69) is 0 Å². The van der Waals surface area contributed by atoms with Crippen LogP contribution >= 0.6 is 81.2 Å². The highest BCUT2D eigenvalue weighted by Gasteiger charge is 2.60. The smallest absolute Gasteiger partial charge is 0.226 e. The molecule has 0 saturated heterocycles. The van der Waals surface area contributed by atoms with Crippen molar-refractivity contribution in [1.82, 2.24) is 0 Å². The third-order valence-corrected chi connectivity index (χ3v) is 6.16. The molecule has 18 heavy (non-hydrogen) atoms. The van der Waals surface area contributed by atoms with Crippen LogP contribution in [0.4, 0.5) is 0 Å². The second kappa shape index (κ2) is 5.91. The zero-order valence-electron chi connectivity index (χ0n) is 8.57. The van der Waals surface area contributed by atoms with Crippen LogP contribution in [0.3, 0.4) is 0 Å².